The van der Waals surface area contributed by atoms with Crippen LogP contribution in [-0.4, -0.2) is 81.6 Å². The van der Waals surface area contributed by atoms with E-state index < -0.39 is 23.7 Å². The molecule has 4 fully saturated rings. The van der Waals surface area contributed by atoms with Crippen molar-refractivity contribution in [3.63, 3.8) is 0 Å². The van der Waals surface area contributed by atoms with E-state index in [4.69, 9.17) is 28.9 Å². The average Bonchev–Trinajstić information content (AvgIpc) is 4.02. The summed E-state index contributed by atoms with van der Waals surface area (Å²) in [7, 11) is 4.82. The SMILES string of the molecule is CNC(=O)CCC(=O)O[C@@H]1C[C@@H](COC(c2ccccc2)(c2ccc(OC)cc2)c2ccc(OC)cc2)N(C(=O)CCO/N=C2\CC[C@@]3(C)C(=CCC4C5CC[C@H]([C@H](C)CCCC(C)C)C5CCC43)C2)C1. The third kappa shape index (κ3) is 11.7. The minimum absolute atomic E-state index is 0.0253. The van der Waals surface area contributed by atoms with Crippen LogP contribution in [0.4, 0.5) is 0 Å². The molecule has 1 aliphatic heterocycles. The smallest absolute Gasteiger partial charge is 0.306 e. The molecule has 3 aromatic carbocycles. The van der Waals surface area contributed by atoms with Crippen molar-refractivity contribution in [3.05, 3.63) is 107 Å². The van der Waals surface area contributed by atoms with Crippen molar-refractivity contribution in [2.24, 2.45) is 52.0 Å². The number of hydrogen-bond donors (Lipinski definition) is 1. The van der Waals surface area contributed by atoms with Crippen LogP contribution in [0.2, 0.25) is 0 Å². The van der Waals surface area contributed by atoms with Gasteiger partial charge >= 0.3 is 5.97 Å². The summed E-state index contributed by atoms with van der Waals surface area (Å²) < 4.78 is 24.3. The van der Waals surface area contributed by atoms with Gasteiger partial charge in [-0.3, -0.25) is 14.4 Å². The van der Waals surface area contributed by atoms with E-state index in [-0.39, 0.29) is 56.3 Å². The normalized spacial score (nSPS) is 27.0. The van der Waals surface area contributed by atoms with Crippen molar-refractivity contribution >= 4 is 23.5 Å². The highest BCUT2D eigenvalue weighted by atomic mass is 16.6. The van der Waals surface area contributed by atoms with Gasteiger partial charge in [-0.25, -0.2) is 0 Å². The molecule has 4 unspecified atom stereocenters. The molecule has 11 nitrogen and oxygen atoms in total. The van der Waals surface area contributed by atoms with Gasteiger partial charge in [0.15, 0.2) is 0 Å². The summed E-state index contributed by atoms with van der Waals surface area (Å²) in [5.41, 5.74) is 4.36. The second-order valence-electron chi connectivity index (χ2n) is 22.1. The summed E-state index contributed by atoms with van der Waals surface area (Å²) in [6.07, 6.45) is 16.2. The van der Waals surface area contributed by atoms with Gasteiger partial charge in [-0.2, -0.15) is 0 Å². The summed E-state index contributed by atoms with van der Waals surface area (Å²) in [6, 6.07) is 25.3. The molecule has 1 N–H and O–H groups in total. The molecule has 0 radical (unpaired) electrons. The highest BCUT2D eigenvalue weighted by Crippen LogP contribution is 2.63. The molecule has 1 heterocycles. The zero-order valence-electron chi connectivity index (χ0n) is 43.7. The number of benzene rings is 3. The second kappa shape index (κ2) is 23.6. The molecule has 0 bridgehead atoms. The van der Waals surface area contributed by atoms with Gasteiger partial charge in [0.05, 0.1) is 52.0 Å². The number of ether oxygens (including phenoxy) is 4. The summed E-state index contributed by atoms with van der Waals surface area (Å²) in [5, 5.41) is 7.25. The Balaban J connectivity index is 0.941. The number of nitrogens with zero attached hydrogens (tertiary/aromatic N) is 2. The summed E-state index contributed by atoms with van der Waals surface area (Å²) in [6.45, 7) is 10.3. The van der Waals surface area contributed by atoms with Gasteiger partial charge in [-0.1, -0.05) is 118 Å². The Morgan fingerprint density at radius 3 is 2.15 bits per heavy atom. The Kier molecular flexibility index (Phi) is 17.3. The molecule has 4 aliphatic carbocycles. The van der Waals surface area contributed by atoms with Crippen molar-refractivity contribution < 1.29 is 38.2 Å². The van der Waals surface area contributed by atoms with Crippen LogP contribution in [0.5, 0.6) is 11.5 Å². The van der Waals surface area contributed by atoms with Gasteiger partial charge in [0.2, 0.25) is 11.8 Å². The predicted octanol–water partition coefficient (Wildman–Crippen LogP) is 11.5. The van der Waals surface area contributed by atoms with E-state index in [0.29, 0.717) is 17.9 Å². The molecule has 3 aromatic rings. The molecule has 11 heteroatoms. The number of nitrogens with one attached hydrogen (secondary N) is 1. The topological polar surface area (TPSA) is 125 Å². The van der Waals surface area contributed by atoms with E-state index in [2.05, 4.69) is 39.1 Å². The van der Waals surface area contributed by atoms with E-state index in [0.717, 1.165) is 83.1 Å². The molecule has 3 saturated carbocycles. The lowest BCUT2D eigenvalue weighted by atomic mass is 9.50. The maximum absolute atomic E-state index is 14.4. The third-order valence-corrected chi connectivity index (χ3v) is 17.6. The number of allylic oxidation sites excluding steroid dienone is 2. The number of hydrogen-bond acceptors (Lipinski definition) is 9. The van der Waals surface area contributed by atoms with Gasteiger partial charge in [-0.05, 0) is 133 Å². The van der Waals surface area contributed by atoms with Crippen LogP contribution in [-0.2, 0) is 34.3 Å². The Bertz CT molecular complexity index is 2270. The number of carbonyl (C=O) groups excluding carboxylic acids is 3. The maximum atomic E-state index is 14.4. The van der Waals surface area contributed by atoms with Crippen molar-refractivity contribution in [1.29, 1.82) is 0 Å². The van der Waals surface area contributed by atoms with Crippen LogP contribution in [0.15, 0.2) is 95.7 Å². The van der Waals surface area contributed by atoms with E-state index in [1.807, 2.05) is 78.9 Å². The van der Waals surface area contributed by atoms with E-state index in [9.17, 15) is 14.4 Å². The van der Waals surface area contributed by atoms with Crippen LogP contribution in [0.25, 0.3) is 0 Å². The largest absolute Gasteiger partial charge is 0.497 e. The number of methoxy groups -OCH3 is 2. The fraction of sp³-hybridized carbons (Fsp3) is 0.600. The second-order valence-corrected chi connectivity index (χ2v) is 22.1. The van der Waals surface area contributed by atoms with Gasteiger partial charge < -0.3 is 34.0 Å². The third-order valence-electron chi connectivity index (χ3n) is 17.6. The van der Waals surface area contributed by atoms with Crippen LogP contribution >= 0.6 is 0 Å². The van der Waals surface area contributed by atoms with E-state index >= 15 is 0 Å². The zero-order valence-corrected chi connectivity index (χ0v) is 43.7. The standard InChI is InChI=1S/C60H81N3O8/c1-40(2)12-11-13-41(3)51-26-27-53-52(51)28-29-55-54(53)25-20-45-36-46(32-34-59(45,55)4)62-70-35-33-57(65)63-38-50(71-58(66)31-30-56(64)61-5)37-47(63)39-69-60(42-14-9-8-10-15-42,43-16-21-48(67-6)22-17-43)44-18-23-49(68-7)24-19-44/h8-10,14-24,40-41,47,50-55H,11-13,25-39H2,1-7H3,(H,61,64)/b62-46+/t41-,47+,50-,51-,52?,53?,54?,55?,59+/m1/s1. The Labute approximate surface area is 423 Å². The molecule has 0 aromatic heterocycles. The molecule has 71 heavy (non-hydrogen) atoms. The molecule has 9 atom stereocenters. The molecule has 8 rings (SSSR count). The molecule has 0 spiro atoms. The van der Waals surface area contributed by atoms with Crippen LogP contribution < -0.4 is 14.8 Å². The Morgan fingerprint density at radius 2 is 1.49 bits per heavy atom. The Hall–Kier alpha value is -5.16. The number of rotatable bonds is 21. The highest BCUT2D eigenvalue weighted by Gasteiger charge is 2.54. The lowest BCUT2D eigenvalue weighted by Gasteiger charge is -2.55. The number of amides is 2. The molecular weight excluding hydrogens is 891 g/mol. The van der Waals surface area contributed by atoms with Gasteiger partial charge in [0, 0.05) is 26.3 Å². The molecule has 384 valence electrons. The monoisotopic (exact) mass is 972 g/mol. The number of oxime groups is 1. The number of carbonyl (C=O) groups is 3. The molecule has 1 saturated heterocycles. The minimum atomic E-state index is -1.11. The first kappa shape index (κ1) is 52.2. The summed E-state index contributed by atoms with van der Waals surface area (Å²) in [5.74, 6) is 6.47. The van der Waals surface area contributed by atoms with Crippen molar-refractivity contribution in [2.45, 2.75) is 142 Å². The maximum Gasteiger partial charge on any atom is 0.306 e. The minimum Gasteiger partial charge on any atom is -0.497 e. The first-order valence-corrected chi connectivity index (χ1v) is 26.9. The van der Waals surface area contributed by atoms with Crippen LogP contribution in [0.1, 0.15) is 141 Å². The lowest BCUT2D eigenvalue weighted by Crippen LogP contribution is -2.47. The quantitative estimate of drug-likeness (QED) is 0.0368. The van der Waals surface area contributed by atoms with Gasteiger partial charge in [-0.15, -0.1) is 0 Å². The molecule has 5 aliphatic rings. The lowest BCUT2D eigenvalue weighted by molar-refractivity contribution is -0.150. The molecular formula is C60H81N3O8. The van der Waals surface area contributed by atoms with Crippen molar-refractivity contribution in [2.75, 3.05) is 41.0 Å². The zero-order chi connectivity index (χ0) is 50.1. The van der Waals surface area contributed by atoms with Gasteiger partial charge in [0.1, 0.15) is 29.8 Å². The summed E-state index contributed by atoms with van der Waals surface area (Å²) >= 11 is 0. The van der Waals surface area contributed by atoms with E-state index in [1.54, 1.807) is 31.7 Å². The number of fused-ring (bicyclic) bond motifs is 5. The van der Waals surface area contributed by atoms with Crippen molar-refractivity contribution in [1.82, 2.24) is 10.2 Å². The summed E-state index contributed by atoms with van der Waals surface area (Å²) in [4.78, 5) is 47.1. The Morgan fingerprint density at radius 1 is 0.817 bits per heavy atom. The first-order valence-electron chi connectivity index (χ1n) is 26.9. The number of likely N-dealkylation sites (tertiary alicyclic amines) is 1. The predicted molar refractivity (Wildman–Crippen MR) is 278 cm³/mol. The van der Waals surface area contributed by atoms with Crippen LogP contribution in [0, 0.1) is 46.8 Å². The fourth-order valence-corrected chi connectivity index (χ4v) is 13.8. The fourth-order valence-electron chi connectivity index (χ4n) is 13.8. The highest BCUT2D eigenvalue weighted by molar-refractivity contribution is 5.88. The molecule has 2 amide bonds. The van der Waals surface area contributed by atoms with E-state index in [1.165, 1.54) is 51.4 Å². The van der Waals surface area contributed by atoms with Gasteiger partial charge in [0.25, 0.3) is 0 Å². The average molecular weight is 972 g/mol. The van der Waals surface area contributed by atoms with Crippen molar-refractivity contribution in [3.8, 4) is 11.5 Å². The first-order chi connectivity index (χ1) is 34.4. The number of esters is 1. The van der Waals surface area contributed by atoms with Crippen LogP contribution in [0.3, 0.4) is 0 Å².